The first kappa shape index (κ1) is 14.5. The predicted molar refractivity (Wildman–Crippen MR) is 89.3 cm³/mol. The minimum atomic E-state index is -0.647. The first-order valence-electron chi connectivity index (χ1n) is 6.65. The molecule has 3 rings (SSSR count). The fourth-order valence-electron chi connectivity index (χ4n) is 2.18. The first-order valence-corrected chi connectivity index (χ1v) is 7.44. The Kier molecular flexibility index (Phi) is 3.81. The molecule has 4 nitrogen and oxygen atoms in total. The number of nitrogens with one attached hydrogen (secondary N) is 1. The van der Waals surface area contributed by atoms with Crippen molar-refractivity contribution in [1.29, 1.82) is 0 Å². The third-order valence-corrected chi connectivity index (χ3v) is 3.82. The summed E-state index contributed by atoms with van der Waals surface area (Å²) in [7, 11) is 0. The summed E-state index contributed by atoms with van der Waals surface area (Å²) in [6.45, 7) is 1.88. The molecule has 0 aliphatic heterocycles. The highest BCUT2D eigenvalue weighted by molar-refractivity contribution is 9.10. The molecule has 0 saturated heterocycles. The lowest BCUT2D eigenvalue weighted by Crippen LogP contribution is -2.21. The van der Waals surface area contributed by atoms with Crippen LogP contribution in [0.4, 0.5) is 5.69 Å². The summed E-state index contributed by atoms with van der Waals surface area (Å²) in [5.41, 5.74) is 1.35. The van der Waals surface area contributed by atoms with Gasteiger partial charge < -0.3 is 9.73 Å². The average molecular weight is 358 g/mol. The van der Waals surface area contributed by atoms with Crippen LogP contribution in [0.2, 0.25) is 0 Å². The van der Waals surface area contributed by atoms with Crippen LogP contribution in [0, 0.1) is 6.92 Å². The molecule has 1 aromatic heterocycles. The van der Waals surface area contributed by atoms with E-state index in [0.29, 0.717) is 16.7 Å². The number of carbonyl (C=O) groups is 1. The number of para-hydroxylation sites is 1. The quantitative estimate of drug-likeness (QED) is 0.701. The van der Waals surface area contributed by atoms with E-state index in [9.17, 15) is 9.59 Å². The number of halogens is 1. The summed E-state index contributed by atoms with van der Waals surface area (Å²) in [5, 5.41) is 3.45. The second kappa shape index (κ2) is 5.77. The Morgan fingerprint density at radius 3 is 2.68 bits per heavy atom. The minimum Gasteiger partial charge on any atom is -0.422 e. The molecule has 1 N–H and O–H groups in total. The van der Waals surface area contributed by atoms with E-state index in [1.54, 1.807) is 30.3 Å². The van der Waals surface area contributed by atoms with Crippen molar-refractivity contribution < 1.29 is 9.21 Å². The van der Waals surface area contributed by atoms with Crippen LogP contribution in [0.15, 0.2) is 62.2 Å². The molecule has 5 heteroatoms. The summed E-state index contributed by atoms with van der Waals surface area (Å²) in [4.78, 5) is 24.3. The maximum absolute atomic E-state index is 12.3. The summed E-state index contributed by atoms with van der Waals surface area (Å²) in [6.07, 6.45) is 0. The second-order valence-corrected chi connectivity index (χ2v) is 5.81. The van der Waals surface area contributed by atoms with Crippen LogP contribution < -0.4 is 10.9 Å². The number of carbonyl (C=O) groups excluding carboxylic acids is 1. The zero-order valence-electron chi connectivity index (χ0n) is 11.7. The largest absolute Gasteiger partial charge is 0.422 e. The molecule has 0 bridgehead atoms. The van der Waals surface area contributed by atoms with Gasteiger partial charge in [0.15, 0.2) is 0 Å². The molecule has 0 atom stereocenters. The summed E-state index contributed by atoms with van der Waals surface area (Å²) in [6, 6.07) is 14.1. The summed E-state index contributed by atoms with van der Waals surface area (Å²) in [5.74, 6) is -0.482. The zero-order chi connectivity index (χ0) is 15.7. The molecule has 0 unspecified atom stereocenters. The van der Waals surface area contributed by atoms with Crippen LogP contribution >= 0.6 is 15.9 Å². The van der Waals surface area contributed by atoms with Gasteiger partial charge in [0.25, 0.3) is 5.91 Å². The lowest BCUT2D eigenvalue weighted by Gasteiger charge is -2.08. The van der Waals surface area contributed by atoms with E-state index in [2.05, 4.69) is 21.2 Å². The summed E-state index contributed by atoms with van der Waals surface area (Å²) >= 11 is 3.37. The number of aryl methyl sites for hydroxylation is 1. The third-order valence-electron chi connectivity index (χ3n) is 3.32. The first-order chi connectivity index (χ1) is 10.5. The molecule has 0 saturated carbocycles. The van der Waals surface area contributed by atoms with Gasteiger partial charge in [-0.3, -0.25) is 4.79 Å². The predicted octanol–water partition coefficient (Wildman–Crippen LogP) is 4.12. The van der Waals surface area contributed by atoms with Crippen molar-refractivity contribution in [2.45, 2.75) is 6.92 Å². The standard InChI is InChI=1S/C17H12BrNO3/c1-10-8-12(18)6-7-14(10)19-16(20)13-9-11-4-2-3-5-15(11)22-17(13)21/h2-9H,1H3,(H,19,20). The Labute approximate surface area is 134 Å². The van der Waals surface area contributed by atoms with Crippen molar-refractivity contribution in [3.8, 4) is 0 Å². The molecule has 1 heterocycles. The van der Waals surface area contributed by atoms with Gasteiger partial charge in [0, 0.05) is 15.5 Å². The Morgan fingerprint density at radius 2 is 1.91 bits per heavy atom. The van der Waals surface area contributed by atoms with Crippen molar-refractivity contribution in [1.82, 2.24) is 0 Å². The number of hydrogen-bond donors (Lipinski definition) is 1. The monoisotopic (exact) mass is 357 g/mol. The molecule has 0 radical (unpaired) electrons. The molecular weight excluding hydrogens is 346 g/mol. The number of hydrogen-bond acceptors (Lipinski definition) is 3. The maximum Gasteiger partial charge on any atom is 0.349 e. The van der Waals surface area contributed by atoms with Crippen LogP contribution in [-0.2, 0) is 0 Å². The van der Waals surface area contributed by atoms with Gasteiger partial charge in [0.1, 0.15) is 11.1 Å². The minimum absolute atomic E-state index is 0.0129. The number of anilines is 1. The third kappa shape index (κ3) is 2.80. The van der Waals surface area contributed by atoms with Gasteiger partial charge >= 0.3 is 5.63 Å². The Hall–Kier alpha value is -2.40. The zero-order valence-corrected chi connectivity index (χ0v) is 13.3. The summed E-state index contributed by atoms with van der Waals surface area (Å²) < 4.78 is 6.10. The fourth-order valence-corrected chi connectivity index (χ4v) is 2.65. The van der Waals surface area contributed by atoms with Crippen LogP contribution in [0.5, 0.6) is 0 Å². The Balaban J connectivity index is 1.98. The highest BCUT2D eigenvalue weighted by Gasteiger charge is 2.14. The van der Waals surface area contributed by atoms with E-state index in [1.807, 2.05) is 25.1 Å². The molecule has 110 valence electrons. The molecule has 0 spiro atoms. The second-order valence-electron chi connectivity index (χ2n) is 4.90. The van der Waals surface area contributed by atoms with Crippen molar-refractivity contribution >= 4 is 38.5 Å². The molecule has 22 heavy (non-hydrogen) atoms. The van der Waals surface area contributed by atoms with Crippen molar-refractivity contribution in [3.05, 3.63) is 74.6 Å². The normalized spacial score (nSPS) is 10.6. The van der Waals surface area contributed by atoms with Gasteiger partial charge in [-0.1, -0.05) is 34.1 Å². The van der Waals surface area contributed by atoms with Crippen LogP contribution in [-0.4, -0.2) is 5.91 Å². The number of benzene rings is 2. The lowest BCUT2D eigenvalue weighted by molar-refractivity contribution is 0.102. The number of rotatable bonds is 2. The van der Waals surface area contributed by atoms with Crippen LogP contribution in [0.1, 0.15) is 15.9 Å². The molecule has 0 aliphatic rings. The Bertz CT molecular complexity index is 931. The van der Waals surface area contributed by atoms with E-state index in [1.165, 1.54) is 0 Å². The van der Waals surface area contributed by atoms with E-state index < -0.39 is 11.5 Å². The lowest BCUT2D eigenvalue weighted by atomic mass is 10.1. The van der Waals surface area contributed by atoms with E-state index in [-0.39, 0.29) is 5.56 Å². The van der Waals surface area contributed by atoms with Crippen molar-refractivity contribution in [2.24, 2.45) is 0 Å². The molecule has 1 amide bonds. The fraction of sp³-hybridized carbons (Fsp3) is 0.0588. The van der Waals surface area contributed by atoms with Crippen LogP contribution in [0.3, 0.4) is 0 Å². The SMILES string of the molecule is Cc1cc(Br)ccc1NC(=O)c1cc2ccccc2oc1=O. The van der Waals surface area contributed by atoms with Gasteiger partial charge in [0.2, 0.25) is 0 Å². The van der Waals surface area contributed by atoms with Crippen molar-refractivity contribution in [3.63, 3.8) is 0 Å². The molecule has 0 fully saturated rings. The van der Waals surface area contributed by atoms with Gasteiger partial charge in [0.05, 0.1) is 0 Å². The van der Waals surface area contributed by atoms with E-state index >= 15 is 0 Å². The number of fused-ring (bicyclic) bond motifs is 1. The highest BCUT2D eigenvalue weighted by Crippen LogP contribution is 2.21. The molecule has 3 aromatic rings. The van der Waals surface area contributed by atoms with Gasteiger partial charge in [-0.05, 0) is 42.8 Å². The van der Waals surface area contributed by atoms with Gasteiger partial charge in [-0.25, -0.2) is 4.79 Å². The molecular formula is C17H12BrNO3. The van der Waals surface area contributed by atoms with Crippen molar-refractivity contribution in [2.75, 3.05) is 5.32 Å². The topological polar surface area (TPSA) is 59.3 Å². The maximum atomic E-state index is 12.3. The smallest absolute Gasteiger partial charge is 0.349 e. The van der Waals surface area contributed by atoms with Gasteiger partial charge in [-0.15, -0.1) is 0 Å². The highest BCUT2D eigenvalue weighted by atomic mass is 79.9. The average Bonchev–Trinajstić information content (AvgIpc) is 2.49. The molecule has 0 aliphatic carbocycles. The molecule has 2 aromatic carbocycles. The van der Waals surface area contributed by atoms with E-state index in [4.69, 9.17) is 4.42 Å². The van der Waals surface area contributed by atoms with E-state index in [0.717, 1.165) is 10.0 Å². The Morgan fingerprint density at radius 1 is 1.14 bits per heavy atom. The van der Waals surface area contributed by atoms with Crippen LogP contribution in [0.25, 0.3) is 11.0 Å². The number of amides is 1. The van der Waals surface area contributed by atoms with Gasteiger partial charge in [-0.2, -0.15) is 0 Å².